The molecule has 1 aliphatic heterocycles. The van der Waals surface area contributed by atoms with Crippen LogP contribution >= 0.6 is 15.6 Å². The first-order chi connectivity index (χ1) is 19.5. The molecule has 0 atom stereocenters. The van der Waals surface area contributed by atoms with Crippen LogP contribution in [-0.2, 0) is 9.13 Å². The standard InChI is InChI=1S/C28H36N2O10P2/c1-18(2)8-5-9-19(3)10-6-11-20(4)14-15-30-23-16-21(39-41(33,34)35)17-24(31)27(23)29-26-22(28(30)32)12-7-13-25(26)40-42(36,37)38/h7-8,10,12-14,16-17,29,31H,5-6,9,11,15H2,1-4H3,(H2,33,34,35)(H2,36,37,38). The van der Waals surface area contributed by atoms with E-state index in [9.17, 15) is 38.6 Å². The van der Waals surface area contributed by atoms with Gasteiger partial charge in [-0.25, -0.2) is 9.13 Å². The number of phenolic OH excluding ortho intramolecular Hbond substituents is 1. The second kappa shape index (κ2) is 13.7. The Kier molecular flexibility index (Phi) is 10.8. The quantitative estimate of drug-likeness (QED) is 0.0867. The fourth-order valence-corrected chi connectivity index (χ4v) is 5.10. The summed E-state index contributed by atoms with van der Waals surface area (Å²) in [6.45, 7) is 8.14. The molecular weight excluding hydrogens is 586 g/mol. The van der Waals surface area contributed by atoms with Crippen LogP contribution in [0, 0.1) is 0 Å². The van der Waals surface area contributed by atoms with Crippen molar-refractivity contribution >= 4 is 38.6 Å². The van der Waals surface area contributed by atoms with Gasteiger partial charge in [0.2, 0.25) is 0 Å². The Hall–Kier alpha value is -3.37. The van der Waals surface area contributed by atoms with E-state index in [1.807, 2.05) is 13.0 Å². The topological polar surface area (TPSA) is 186 Å². The van der Waals surface area contributed by atoms with Gasteiger partial charge < -0.3 is 24.4 Å². The highest BCUT2D eigenvalue weighted by atomic mass is 31.2. The van der Waals surface area contributed by atoms with Crippen LogP contribution in [0.5, 0.6) is 17.2 Å². The summed E-state index contributed by atoms with van der Waals surface area (Å²) in [6.07, 6.45) is 9.65. The smallest absolute Gasteiger partial charge is 0.506 e. The second-order valence-electron chi connectivity index (χ2n) is 10.2. The molecule has 2 aromatic rings. The van der Waals surface area contributed by atoms with E-state index in [2.05, 4.69) is 42.8 Å². The zero-order valence-electron chi connectivity index (χ0n) is 23.8. The van der Waals surface area contributed by atoms with Gasteiger partial charge in [-0.3, -0.25) is 24.4 Å². The highest BCUT2D eigenvalue weighted by Crippen LogP contribution is 2.50. The normalized spacial score (nSPS) is 14.0. The SMILES string of the molecule is CC(C)=CCCC(C)=CCCC(C)=CCN1C(=O)c2cccc(OP(=O)(O)O)c2Nc2c(O)cc(OP(=O)(O)O)cc21. The predicted molar refractivity (Wildman–Crippen MR) is 160 cm³/mol. The molecule has 0 spiro atoms. The van der Waals surface area contributed by atoms with Gasteiger partial charge in [0.25, 0.3) is 5.91 Å². The number of phosphoric acid groups is 2. The van der Waals surface area contributed by atoms with Crippen molar-refractivity contribution in [2.24, 2.45) is 0 Å². The lowest BCUT2D eigenvalue weighted by Gasteiger charge is -2.23. The highest BCUT2D eigenvalue weighted by molar-refractivity contribution is 7.47. The first kappa shape index (κ1) is 33.1. The molecule has 0 unspecified atom stereocenters. The van der Waals surface area contributed by atoms with E-state index >= 15 is 0 Å². The summed E-state index contributed by atoms with van der Waals surface area (Å²) in [6, 6.07) is 6.16. The average molecular weight is 623 g/mol. The third-order valence-electron chi connectivity index (χ3n) is 6.30. The number of carbonyl (C=O) groups excluding carboxylic acids is 1. The average Bonchev–Trinajstić information content (AvgIpc) is 2.96. The number of amides is 1. The summed E-state index contributed by atoms with van der Waals surface area (Å²) >= 11 is 0. The second-order valence-corrected chi connectivity index (χ2v) is 12.5. The maximum absolute atomic E-state index is 13.8. The number of rotatable bonds is 12. The summed E-state index contributed by atoms with van der Waals surface area (Å²) < 4.78 is 32.5. The molecule has 1 amide bonds. The molecule has 228 valence electrons. The summed E-state index contributed by atoms with van der Waals surface area (Å²) in [5.74, 6) is -1.90. The number of allylic oxidation sites excluding steroid dienone is 5. The van der Waals surface area contributed by atoms with E-state index in [1.165, 1.54) is 40.3 Å². The van der Waals surface area contributed by atoms with Gasteiger partial charge in [-0.15, -0.1) is 0 Å². The largest absolute Gasteiger partial charge is 0.524 e. The Morgan fingerprint density at radius 2 is 1.50 bits per heavy atom. The number of anilines is 3. The number of benzene rings is 2. The minimum absolute atomic E-state index is 0.00440. The number of phenols is 1. The number of nitrogens with one attached hydrogen (secondary N) is 1. The number of fused-ring (bicyclic) bond motifs is 2. The Morgan fingerprint density at radius 1 is 0.881 bits per heavy atom. The summed E-state index contributed by atoms with van der Waals surface area (Å²) in [7, 11) is -10.0. The lowest BCUT2D eigenvalue weighted by atomic mass is 10.1. The molecule has 0 fully saturated rings. The summed E-state index contributed by atoms with van der Waals surface area (Å²) in [5, 5.41) is 13.6. The number of phosphoric ester groups is 2. The lowest BCUT2D eigenvalue weighted by Crippen LogP contribution is -2.30. The van der Waals surface area contributed by atoms with Crippen molar-refractivity contribution in [1.82, 2.24) is 0 Å². The van der Waals surface area contributed by atoms with Gasteiger partial charge in [0, 0.05) is 18.7 Å². The van der Waals surface area contributed by atoms with Crippen LogP contribution in [0.2, 0.25) is 0 Å². The van der Waals surface area contributed by atoms with Gasteiger partial charge in [-0.05, 0) is 65.5 Å². The maximum Gasteiger partial charge on any atom is 0.524 e. The van der Waals surface area contributed by atoms with E-state index < -0.39 is 33.1 Å². The van der Waals surface area contributed by atoms with Crippen molar-refractivity contribution in [3.8, 4) is 17.2 Å². The fraction of sp³-hybridized carbons (Fsp3) is 0.321. The highest BCUT2D eigenvalue weighted by Gasteiger charge is 2.32. The van der Waals surface area contributed by atoms with E-state index in [-0.39, 0.29) is 34.9 Å². The zero-order chi connectivity index (χ0) is 31.2. The molecule has 12 nitrogen and oxygen atoms in total. The molecule has 0 radical (unpaired) electrons. The number of nitrogens with zero attached hydrogens (tertiary/aromatic N) is 1. The minimum Gasteiger partial charge on any atom is -0.506 e. The van der Waals surface area contributed by atoms with E-state index in [4.69, 9.17) is 4.52 Å². The summed E-state index contributed by atoms with van der Waals surface area (Å²) in [4.78, 5) is 52.4. The first-order valence-electron chi connectivity index (χ1n) is 13.1. The Balaban J connectivity index is 1.97. The fourth-order valence-electron chi connectivity index (χ4n) is 4.31. The number of para-hydroxylation sites is 1. The van der Waals surface area contributed by atoms with Crippen LogP contribution in [0.25, 0.3) is 0 Å². The van der Waals surface area contributed by atoms with Crippen molar-refractivity contribution in [2.75, 3.05) is 16.8 Å². The number of carbonyl (C=O) groups is 1. The van der Waals surface area contributed by atoms with Crippen molar-refractivity contribution in [3.05, 3.63) is 70.8 Å². The molecule has 0 bridgehead atoms. The van der Waals surface area contributed by atoms with Crippen molar-refractivity contribution in [1.29, 1.82) is 0 Å². The van der Waals surface area contributed by atoms with Crippen molar-refractivity contribution < 1.29 is 47.7 Å². The van der Waals surface area contributed by atoms with Crippen LogP contribution in [0.15, 0.2) is 65.3 Å². The number of aromatic hydroxyl groups is 1. The monoisotopic (exact) mass is 622 g/mol. The molecule has 0 saturated carbocycles. The van der Waals surface area contributed by atoms with Crippen molar-refractivity contribution in [3.63, 3.8) is 0 Å². The Bertz CT molecular complexity index is 1520. The Labute approximate surface area is 244 Å². The molecule has 0 saturated heterocycles. The number of hydrogen-bond donors (Lipinski definition) is 6. The Morgan fingerprint density at radius 3 is 2.12 bits per heavy atom. The van der Waals surface area contributed by atoms with Crippen LogP contribution in [0.1, 0.15) is 63.7 Å². The number of hydrogen-bond acceptors (Lipinski definition) is 7. The maximum atomic E-state index is 13.8. The van der Waals surface area contributed by atoms with Crippen LogP contribution < -0.4 is 19.3 Å². The van der Waals surface area contributed by atoms with Gasteiger partial charge in [0.15, 0.2) is 5.75 Å². The van der Waals surface area contributed by atoms with Crippen LogP contribution in [0.3, 0.4) is 0 Å². The third kappa shape index (κ3) is 9.59. The molecule has 14 heteroatoms. The first-order valence-corrected chi connectivity index (χ1v) is 16.1. The predicted octanol–water partition coefficient (Wildman–Crippen LogP) is 6.46. The zero-order valence-corrected chi connectivity index (χ0v) is 25.6. The van der Waals surface area contributed by atoms with E-state index in [0.717, 1.165) is 37.3 Å². The summed E-state index contributed by atoms with van der Waals surface area (Å²) in [5.41, 5.74) is 3.35. The van der Waals surface area contributed by atoms with Gasteiger partial charge in [0.1, 0.15) is 17.2 Å². The van der Waals surface area contributed by atoms with Gasteiger partial charge in [-0.2, -0.15) is 0 Å². The molecule has 3 rings (SSSR count). The van der Waals surface area contributed by atoms with Crippen molar-refractivity contribution in [2.45, 2.75) is 53.4 Å². The molecule has 0 aromatic heterocycles. The van der Waals surface area contributed by atoms with Crippen LogP contribution in [-0.4, -0.2) is 37.1 Å². The molecule has 6 N–H and O–H groups in total. The molecule has 2 aromatic carbocycles. The van der Waals surface area contributed by atoms with E-state index in [0.29, 0.717) is 0 Å². The minimum atomic E-state index is -5.02. The third-order valence-corrected chi connectivity index (χ3v) is 7.18. The van der Waals surface area contributed by atoms with Gasteiger partial charge >= 0.3 is 15.6 Å². The molecule has 42 heavy (non-hydrogen) atoms. The van der Waals surface area contributed by atoms with Crippen LogP contribution in [0.4, 0.5) is 17.1 Å². The molecule has 0 aliphatic carbocycles. The molecule has 1 aliphatic rings. The lowest BCUT2D eigenvalue weighted by molar-refractivity contribution is 0.0990. The van der Waals surface area contributed by atoms with Gasteiger partial charge in [-0.1, -0.05) is 41.0 Å². The van der Waals surface area contributed by atoms with Gasteiger partial charge in [0.05, 0.1) is 16.9 Å². The van der Waals surface area contributed by atoms with E-state index in [1.54, 1.807) is 0 Å². The molecular formula is C28H36N2O10P2. The molecule has 1 heterocycles.